The zero-order valence-corrected chi connectivity index (χ0v) is 11.5. The highest BCUT2D eigenvalue weighted by atomic mass is 35.5. The molecule has 2 aliphatic rings. The lowest BCUT2D eigenvalue weighted by Gasteiger charge is -2.49. The molecule has 0 radical (unpaired) electrons. The first-order valence-electron chi connectivity index (χ1n) is 6.26. The SMILES string of the molecule is CCC1(C(=O)O)C(=O)NC2(COC2)c2ncc(Cl)cc21. The molecule has 0 aliphatic carbocycles. The van der Waals surface area contributed by atoms with E-state index >= 15 is 0 Å². The van der Waals surface area contributed by atoms with E-state index in [1.165, 1.54) is 12.3 Å². The number of carboxylic acids is 1. The van der Waals surface area contributed by atoms with Gasteiger partial charge in [-0.25, -0.2) is 0 Å². The van der Waals surface area contributed by atoms with Gasteiger partial charge in [0.15, 0.2) is 5.41 Å². The molecule has 7 heteroatoms. The predicted octanol–water partition coefficient (Wildman–Crippen LogP) is 0.823. The summed E-state index contributed by atoms with van der Waals surface area (Å²) in [5.74, 6) is -1.73. The zero-order chi connectivity index (χ0) is 14.5. The Labute approximate surface area is 120 Å². The second kappa shape index (κ2) is 4.17. The number of carbonyl (C=O) groups is 2. The fourth-order valence-electron chi connectivity index (χ4n) is 2.88. The van der Waals surface area contributed by atoms with Gasteiger partial charge in [-0.05, 0) is 12.5 Å². The van der Waals surface area contributed by atoms with E-state index in [4.69, 9.17) is 16.3 Å². The number of rotatable bonds is 2. The molecular formula is C13H13ClN2O4. The van der Waals surface area contributed by atoms with E-state index in [0.717, 1.165) is 0 Å². The van der Waals surface area contributed by atoms with Gasteiger partial charge in [-0.3, -0.25) is 14.6 Å². The van der Waals surface area contributed by atoms with Crippen molar-refractivity contribution >= 4 is 23.5 Å². The van der Waals surface area contributed by atoms with Crippen LogP contribution in [0.1, 0.15) is 24.6 Å². The van der Waals surface area contributed by atoms with Crippen LogP contribution in [0.15, 0.2) is 12.3 Å². The van der Waals surface area contributed by atoms with Gasteiger partial charge >= 0.3 is 5.97 Å². The Balaban J connectivity index is 2.30. The Kier molecular flexibility index (Phi) is 2.78. The van der Waals surface area contributed by atoms with Gasteiger partial charge in [0.2, 0.25) is 5.91 Å². The summed E-state index contributed by atoms with van der Waals surface area (Å²) in [6, 6.07) is 1.53. The maximum Gasteiger partial charge on any atom is 0.323 e. The van der Waals surface area contributed by atoms with Crippen molar-refractivity contribution in [2.24, 2.45) is 0 Å². The Morgan fingerprint density at radius 3 is 2.80 bits per heavy atom. The highest BCUT2D eigenvalue weighted by Crippen LogP contribution is 2.43. The molecule has 1 amide bonds. The lowest BCUT2D eigenvalue weighted by Crippen LogP contribution is -2.68. The molecule has 1 atom stereocenters. The molecule has 1 saturated heterocycles. The van der Waals surface area contributed by atoms with Crippen molar-refractivity contribution in [1.82, 2.24) is 10.3 Å². The molecule has 1 unspecified atom stereocenters. The average Bonchev–Trinajstić information content (AvgIpc) is 2.35. The van der Waals surface area contributed by atoms with Crippen LogP contribution >= 0.6 is 11.6 Å². The first-order valence-corrected chi connectivity index (χ1v) is 6.64. The lowest BCUT2D eigenvalue weighted by molar-refractivity contribution is -0.157. The van der Waals surface area contributed by atoms with E-state index in [0.29, 0.717) is 29.5 Å². The van der Waals surface area contributed by atoms with Crippen LogP contribution in [0.25, 0.3) is 0 Å². The van der Waals surface area contributed by atoms with Gasteiger partial charge in [0.25, 0.3) is 0 Å². The first-order chi connectivity index (χ1) is 9.46. The summed E-state index contributed by atoms with van der Waals surface area (Å²) in [7, 11) is 0. The number of halogens is 1. The van der Waals surface area contributed by atoms with Crippen molar-refractivity contribution in [2.75, 3.05) is 13.2 Å². The number of amides is 1. The zero-order valence-electron chi connectivity index (χ0n) is 10.8. The highest BCUT2D eigenvalue weighted by molar-refractivity contribution is 6.30. The fraction of sp³-hybridized carbons (Fsp3) is 0.462. The van der Waals surface area contributed by atoms with Crippen molar-refractivity contribution in [3.05, 3.63) is 28.5 Å². The molecule has 1 aromatic heterocycles. The Morgan fingerprint density at radius 2 is 2.30 bits per heavy atom. The summed E-state index contributed by atoms with van der Waals surface area (Å²) in [6.07, 6.45) is 1.58. The van der Waals surface area contributed by atoms with Crippen LogP contribution in [0.3, 0.4) is 0 Å². The quantitative estimate of drug-likeness (QED) is 0.789. The number of aliphatic carboxylic acids is 1. The molecule has 1 aromatic rings. The van der Waals surface area contributed by atoms with Crippen LogP contribution in [-0.2, 0) is 25.3 Å². The monoisotopic (exact) mass is 296 g/mol. The second-order valence-electron chi connectivity index (χ2n) is 5.14. The molecular weight excluding hydrogens is 284 g/mol. The molecule has 106 valence electrons. The smallest absolute Gasteiger partial charge is 0.323 e. The van der Waals surface area contributed by atoms with E-state index in [1.54, 1.807) is 6.92 Å². The third-order valence-electron chi connectivity index (χ3n) is 4.10. The molecule has 1 fully saturated rings. The van der Waals surface area contributed by atoms with E-state index in [-0.39, 0.29) is 6.42 Å². The Morgan fingerprint density at radius 1 is 1.60 bits per heavy atom. The van der Waals surface area contributed by atoms with Crippen LogP contribution in [0.4, 0.5) is 0 Å². The topological polar surface area (TPSA) is 88.5 Å². The Hall–Kier alpha value is -1.66. The number of ether oxygens (including phenoxy) is 1. The number of aromatic nitrogens is 1. The van der Waals surface area contributed by atoms with E-state index in [1.807, 2.05) is 0 Å². The van der Waals surface area contributed by atoms with Gasteiger partial charge in [0.1, 0.15) is 5.54 Å². The maximum absolute atomic E-state index is 12.5. The minimum absolute atomic E-state index is 0.125. The normalized spacial score (nSPS) is 26.6. The Bertz CT molecular complexity index is 614. The number of pyridine rings is 1. The first kappa shape index (κ1) is 13.3. The predicted molar refractivity (Wildman–Crippen MR) is 69.5 cm³/mol. The van der Waals surface area contributed by atoms with Gasteiger partial charge in [-0.2, -0.15) is 0 Å². The minimum atomic E-state index is -1.64. The molecule has 1 spiro atoms. The number of carboxylic acid groups (broad SMARTS) is 1. The highest BCUT2D eigenvalue weighted by Gasteiger charge is 2.59. The lowest BCUT2D eigenvalue weighted by atomic mass is 9.69. The number of fused-ring (bicyclic) bond motifs is 2. The third kappa shape index (κ3) is 1.46. The van der Waals surface area contributed by atoms with Crippen LogP contribution in [-0.4, -0.2) is 35.2 Å². The van der Waals surface area contributed by atoms with Gasteiger partial charge in [0, 0.05) is 11.8 Å². The molecule has 20 heavy (non-hydrogen) atoms. The van der Waals surface area contributed by atoms with Crippen molar-refractivity contribution in [3.63, 3.8) is 0 Å². The molecule has 0 bridgehead atoms. The fourth-order valence-corrected chi connectivity index (χ4v) is 3.04. The van der Waals surface area contributed by atoms with Crippen LogP contribution in [0.2, 0.25) is 5.02 Å². The van der Waals surface area contributed by atoms with Crippen molar-refractivity contribution < 1.29 is 19.4 Å². The maximum atomic E-state index is 12.5. The van der Waals surface area contributed by atoms with Gasteiger partial charge in [0.05, 0.1) is 23.9 Å². The molecule has 3 rings (SSSR count). The van der Waals surface area contributed by atoms with Crippen LogP contribution in [0, 0.1) is 0 Å². The molecule has 0 aromatic carbocycles. The van der Waals surface area contributed by atoms with Gasteiger partial charge in [-0.1, -0.05) is 18.5 Å². The third-order valence-corrected chi connectivity index (χ3v) is 4.31. The van der Waals surface area contributed by atoms with Crippen molar-refractivity contribution in [2.45, 2.75) is 24.3 Å². The molecule has 6 nitrogen and oxygen atoms in total. The van der Waals surface area contributed by atoms with Crippen LogP contribution in [0.5, 0.6) is 0 Å². The summed E-state index contributed by atoms with van der Waals surface area (Å²) in [4.78, 5) is 28.5. The number of hydrogen-bond donors (Lipinski definition) is 2. The summed E-state index contributed by atoms with van der Waals surface area (Å²) >= 11 is 5.95. The van der Waals surface area contributed by atoms with E-state index < -0.39 is 22.8 Å². The van der Waals surface area contributed by atoms with E-state index in [9.17, 15) is 14.7 Å². The number of hydrogen-bond acceptors (Lipinski definition) is 4. The standard InChI is InChI=1S/C13H13ClN2O4/c1-2-13(11(18)19)8-3-7(14)4-15-9(8)12(5-20-6-12)16-10(13)17/h3-4H,2,5-6H2,1H3,(H,16,17)(H,18,19). The summed E-state index contributed by atoms with van der Waals surface area (Å²) in [5.41, 5.74) is -1.46. The average molecular weight is 297 g/mol. The molecule has 2 N–H and O–H groups in total. The second-order valence-corrected chi connectivity index (χ2v) is 5.58. The molecule has 0 saturated carbocycles. The summed E-state index contributed by atoms with van der Waals surface area (Å²) in [6.45, 7) is 2.24. The van der Waals surface area contributed by atoms with Gasteiger partial charge < -0.3 is 15.2 Å². The van der Waals surface area contributed by atoms with Crippen LogP contribution < -0.4 is 5.32 Å². The largest absolute Gasteiger partial charge is 0.480 e. The number of nitrogens with zero attached hydrogens (tertiary/aromatic N) is 1. The summed E-state index contributed by atoms with van der Waals surface area (Å²) < 4.78 is 5.18. The summed E-state index contributed by atoms with van der Waals surface area (Å²) in [5, 5.41) is 12.7. The number of carbonyl (C=O) groups excluding carboxylic acids is 1. The molecule has 3 heterocycles. The van der Waals surface area contributed by atoms with E-state index in [2.05, 4.69) is 10.3 Å². The van der Waals surface area contributed by atoms with Gasteiger partial charge in [-0.15, -0.1) is 0 Å². The van der Waals surface area contributed by atoms with Crippen molar-refractivity contribution in [3.8, 4) is 0 Å². The molecule has 2 aliphatic heterocycles. The minimum Gasteiger partial charge on any atom is -0.480 e. The van der Waals surface area contributed by atoms with Crippen molar-refractivity contribution in [1.29, 1.82) is 0 Å². The number of nitrogens with one attached hydrogen (secondary N) is 1.